The number of carbonyl (C=O) groups is 1. The minimum atomic E-state index is -0.290. The summed E-state index contributed by atoms with van der Waals surface area (Å²) in [6.07, 6.45) is 0. The molecular weight excluding hydrogens is 367 g/mol. The Kier molecular flexibility index (Phi) is 6.06. The van der Waals surface area contributed by atoms with Gasteiger partial charge in [-0.25, -0.2) is 9.37 Å². The van der Waals surface area contributed by atoms with Crippen LogP contribution in [0.3, 0.4) is 0 Å². The molecule has 6 heteroatoms. The molecule has 0 bridgehead atoms. The first kappa shape index (κ1) is 18.6. The van der Waals surface area contributed by atoms with Crippen molar-refractivity contribution in [3.63, 3.8) is 0 Å². The molecule has 3 rings (SSSR count). The number of benzene rings is 2. The van der Waals surface area contributed by atoms with Crippen molar-refractivity contribution >= 4 is 29.0 Å². The summed E-state index contributed by atoms with van der Waals surface area (Å²) in [5.41, 5.74) is 2.77. The summed E-state index contributed by atoms with van der Waals surface area (Å²) >= 11 is 2.99. The molecule has 1 heterocycles. The van der Waals surface area contributed by atoms with Gasteiger partial charge in [0.2, 0.25) is 5.91 Å². The molecule has 26 heavy (non-hydrogen) atoms. The highest BCUT2D eigenvalue weighted by molar-refractivity contribution is 8.02. The number of thiazole rings is 1. The minimum Gasteiger partial charge on any atom is -0.340 e. The van der Waals surface area contributed by atoms with Crippen LogP contribution in [0.15, 0.2) is 64.3 Å². The van der Waals surface area contributed by atoms with Gasteiger partial charge in [0.25, 0.3) is 0 Å². The van der Waals surface area contributed by atoms with E-state index in [-0.39, 0.29) is 17.0 Å². The lowest BCUT2D eigenvalue weighted by Crippen LogP contribution is -2.32. The summed E-state index contributed by atoms with van der Waals surface area (Å²) in [7, 11) is 1.74. The Hall–Kier alpha value is -2.18. The molecule has 0 aliphatic heterocycles. The second kappa shape index (κ2) is 8.47. The Labute approximate surface area is 160 Å². The van der Waals surface area contributed by atoms with E-state index in [9.17, 15) is 9.18 Å². The molecule has 1 amide bonds. The van der Waals surface area contributed by atoms with Crippen LogP contribution in [0.4, 0.5) is 4.39 Å². The maximum absolute atomic E-state index is 13.3. The molecule has 3 nitrogen and oxygen atoms in total. The Morgan fingerprint density at radius 3 is 2.73 bits per heavy atom. The molecule has 0 N–H and O–H groups in total. The number of nitrogens with zero attached hydrogens (tertiary/aromatic N) is 2. The van der Waals surface area contributed by atoms with Crippen LogP contribution >= 0.6 is 23.1 Å². The zero-order valence-electron chi connectivity index (χ0n) is 14.6. The quantitative estimate of drug-likeness (QED) is 0.553. The van der Waals surface area contributed by atoms with Gasteiger partial charge < -0.3 is 4.90 Å². The van der Waals surface area contributed by atoms with Gasteiger partial charge in [0.15, 0.2) is 4.34 Å². The second-order valence-electron chi connectivity index (χ2n) is 5.95. The first-order valence-electron chi connectivity index (χ1n) is 8.20. The van der Waals surface area contributed by atoms with Gasteiger partial charge in [0.1, 0.15) is 5.82 Å². The van der Waals surface area contributed by atoms with E-state index in [1.54, 1.807) is 18.0 Å². The lowest BCUT2D eigenvalue weighted by Gasteiger charge is -2.20. The van der Waals surface area contributed by atoms with Crippen molar-refractivity contribution in [3.8, 4) is 11.3 Å². The Morgan fingerprint density at radius 1 is 1.23 bits per heavy atom. The fraction of sp³-hybridized carbons (Fsp3) is 0.200. The lowest BCUT2D eigenvalue weighted by molar-refractivity contribution is -0.129. The van der Waals surface area contributed by atoms with Gasteiger partial charge in [-0.05, 0) is 24.6 Å². The lowest BCUT2D eigenvalue weighted by atomic mass is 10.2. The predicted molar refractivity (Wildman–Crippen MR) is 106 cm³/mol. The third-order valence-electron chi connectivity index (χ3n) is 3.86. The van der Waals surface area contributed by atoms with Crippen LogP contribution in [0, 0.1) is 5.82 Å². The van der Waals surface area contributed by atoms with Crippen LogP contribution in [0.5, 0.6) is 0 Å². The van der Waals surface area contributed by atoms with Crippen molar-refractivity contribution in [1.82, 2.24) is 9.88 Å². The SMILES string of the molecule is CC(Sc1nc(-c2ccccc2)cs1)C(=O)N(C)Cc1cccc(F)c1. The third kappa shape index (κ3) is 4.71. The maximum Gasteiger partial charge on any atom is 0.235 e. The van der Waals surface area contributed by atoms with E-state index in [2.05, 4.69) is 4.98 Å². The molecule has 1 unspecified atom stereocenters. The van der Waals surface area contributed by atoms with Crippen LogP contribution in [-0.2, 0) is 11.3 Å². The normalized spacial score (nSPS) is 12.0. The minimum absolute atomic E-state index is 0.00396. The second-order valence-corrected chi connectivity index (χ2v) is 8.40. The van der Waals surface area contributed by atoms with E-state index in [0.29, 0.717) is 6.54 Å². The van der Waals surface area contributed by atoms with Gasteiger partial charge in [0, 0.05) is 24.5 Å². The zero-order chi connectivity index (χ0) is 18.5. The van der Waals surface area contributed by atoms with Crippen LogP contribution in [0.1, 0.15) is 12.5 Å². The Bertz CT molecular complexity index is 882. The van der Waals surface area contributed by atoms with Crippen molar-refractivity contribution < 1.29 is 9.18 Å². The molecule has 1 atom stereocenters. The topological polar surface area (TPSA) is 33.2 Å². The predicted octanol–water partition coefficient (Wildman–Crippen LogP) is 5.09. The van der Waals surface area contributed by atoms with Gasteiger partial charge in [0.05, 0.1) is 10.9 Å². The van der Waals surface area contributed by atoms with Gasteiger partial charge in [-0.15, -0.1) is 11.3 Å². The van der Waals surface area contributed by atoms with E-state index >= 15 is 0 Å². The first-order chi connectivity index (χ1) is 12.5. The van der Waals surface area contributed by atoms with E-state index < -0.39 is 0 Å². The summed E-state index contributed by atoms with van der Waals surface area (Å²) in [4.78, 5) is 18.8. The van der Waals surface area contributed by atoms with Crippen LogP contribution in [0.25, 0.3) is 11.3 Å². The van der Waals surface area contributed by atoms with E-state index in [1.165, 1.54) is 35.2 Å². The highest BCUT2D eigenvalue weighted by atomic mass is 32.2. The fourth-order valence-electron chi connectivity index (χ4n) is 2.55. The molecule has 0 saturated carbocycles. The number of aromatic nitrogens is 1. The number of amides is 1. The summed E-state index contributed by atoms with van der Waals surface area (Å²) in [6, 6.07) is 16.3. The molecule has 1 aromatic heterocycles. The number of hydrogen-bond donors (Lipinski definition) is 0. The molecule has 3 aromatic rings. The van der Waals surface area contributed by atoms with Crippen LogP contribution in [-0.4, -0.2) is 28.1 Å². The monoisotopic (exact) mass is 386 g/mol. The van der Waals surface area contributed by atoms with Crippen molar-refractivity contribution in [3.05, 3.63) is 71.4 Å². The number of rotatable bonds is 6. The zero-order valence-corrected chi connectivity index (χ0v) is 16.2. The molecular formula is C20H19FN2OS2. The smallest absolute Gasteiger partial charge is 0.235 e. The highest BCUT2D eigenvalue weighted by Gasteiger charge is 2.20. The Morgan fingerprint density at radius 2 is 2.00 bits per heavy atom. The highest BCUT2D eigenvalue weighted by Crippen LogP contribution is 2.31. The molecule has 0 aliphatic carbocycles. The van der Waals surface area contributed by atoms with Crippen LogP contribution in [0.2, 0.25) is 0 Å². The average molecular weight is 387 g/mol. The summed E-state index contributed by atoms with van der Waals surface area (Å²) < 4.78 is 14.2. The van der Waals surface area contributed by atoms with Gasteiger partial charge in [-0.1, -0.05) is 54.2 Å². The van der Waals surface area contributed by atoms with Crippen LogP contribution < -0.4 is 0 Å². The van der Waals surface area contributed by atoms with E-state index in [1.807, 2.05) is 48.7 Å². The number of hydrogen-bond acceptors (Lipinski definition) is 4. The van der Waals surface area contributed by atoms with E-state index in [4.69, 9.17) is 0 Å². The summed E-state index contributed by atoms with van der Waals surface area (Å²) in [5, 5.41) is 1.74. The van der Waals surface area contributed by atoms with E-state index in [0.717, 1.165) is 21.2 Å². The molecule has 0 saturated heterocycles. The average Bonchev–Trinajstić information content (AvgIpc) is 3.10. The summed E-state index contributed by atoms with van der Waals surface area (Å²) in [5.74, 6) is -0.294. The number of carbonyl (C=O) groups excluding carboxylic acids is 1. The van der Waals surface area contributed by atoms with Crippen molar-refractivity contribution in [2.45, 2.75) is 23.1 Å². The van der Waals surface area contributed by atoms with Gasteiger partial charge >= 0.3 is 0 Å². The molecule has 0 aliphatic rings. The van der Waals surface area contributed by atoms with Crippen molar-refractivity contribution in [2.75, 3.05) is 7.05 Å². The number of halogens is 1. The molecule has 134 valence electrons. The third-order valence-corrected chi connectivity index (χ3v) is 5.92. The summed E-state index contributed by atoms with van der Waals surface area (Å²) in [6.45, 7) is 2.26. The first-order valence-corrected chi connectivity index (χ1v) is 9.96. The Balaban J connectivity index is 1.61. The molecule has 0 spiro atoms. The standard InChI is InChI=1S/C20H19FN2OS2/c1-14(19(24)23(2)12-15-7-6-10-17(21)11-15)26-20-22-18(13-25-20)16-8-4-3-5-9-16/h3-11,13-14H,12H2,1-2H3. The van der Waals surface area contributed by atoms with Gasteiger partial charge in [-0.3, -0.25) is 4.79 Å². The maximum atomic E-state index is 13.3. The van der Waals surface area contributed by atoms with Gasteiger partial charge in [-0.2, -0.15) is 0 Å². The van der Waals surface area contributed by atoms with Crippen molar-refractivity contribution in [1.29, 1.82) is 0 Å². The number of thioether (sulfide) groups is 1. The van der Waals surface area contributed by atoms with Crippen molar-refractivity contribution in [2.24, 2.45) is 0 Å². The largest absolute Gasteiger partial charge is 0.340 e. The fourth-order valence-corrected chi connectivity index (χ4v) is 4.64. The molecule has 0 fully saturated rings. The molecule has 0 radical (unpaired) electrons. The molecule has 2 aromatic carbocycles.